The van der Waals surface area contributed by atoms with Crippen molar-refractivity contribution < 1.29 is 18.9 Å². The molecule has 0 bridgehead atoms. The summed E-state index contributed by atoms with van der Waals surface area (Å²) in [5.41, 5.74) is -0.106. The number of rotatable bonds is 6. The van der Waals surface area contributed by atoms with Crippen molar-refractivity contribution in [1.29, 1.82) is 0 Å². The fourth-order valence-electron chi connectivity index (χ4n) is 3.14. The summed E-state index contributed by atoms with van der Waals surface area (Å²) in [4.78, 5) is 22.8. The van der Waals surface area contributed by atoms with Gasteiger partial charge in [0.15, 0.2) is 11.5 Å². The number of furan rings is 1. The van der Waals surface area contributed by atoms with Gasteiger partial charge < -0.3 is 14.5 Å². The number of ether oxygens (including phenoxy) is 1. The van der Waals surface area contributed by atoms with Crippen molar-refractivity contribution in [2.24, 2.45) is 0 Å². The molecule has 1 aromatic carbocycles. The molecule has 1 aliphatic carbocycles. The first-order valence-corrected chi connectivity index (χ1v) is 8.89. The monoisotopic (exact) mass is 358 g/mol. The highest BCUT2D eigenvalue weighted by atomic mass is 16.6. The molecule has 1 N–H and O–H groups in total. The first-order valence-electron chi connectivity index (χ1n) is 8.89. The molecule has 0 radical (unpaired) electrons. The van der Waals surface area contributed by atoms with Crippen LogP contribution in [0.1, 0.15) is 54.8 Å². The number of nitro benzene ring substituents is 1. The lowest BCUT2D eigenvalue weighted by molar-refractivity contribution is -0.386. The molecule has 0 saturated heterocycles. The summed E-state index contributed by atoms with van der Waals surface area (Å²) >= 11 is 0. The average molecular weight is 358 g/mol. The molecule has 0 atom stereocenters. The molecule has 7 nitrogen and oxygen atoms in total. The highest BCUT2D eigenvalue weighted by Crippen LogP contribution is 2.27. The van der Waals surface area contributed by atoms with E-state index in [9.17, 15) is 14.9 Å². The number of carbonyl (C=O) groups is 1. The third kappa shape index (κ3) is 4.62. The van der Waals surface area contributed by atoms with Crippen LogP contribution in [0.15, 0.2) is 40.8 Å². The Labute approximate surface area is 151 Å². The van der Waals surface area contributed by atoms with Crippen LogP contribution in [0.25, 0.3) is 0 Å². The number of nitrogens with one attached hydrogen (secondary N) is 1. The number of amides is 1. The van der Waals surface area contributed by atoms with Crippen LogP contribution in [0.2, 0.25) is 0 Å². The van der Waals surface area contributed by atoms with Crippen molar-refractivity contribution in [1.82, 2.24) is 5.32 Å². The van der Waals surface area contributed by atoms with Gasteiger partial charge in [0.05, 0.1) is 4.92 Å². The lowest BCUT2D eigenvalue weighted by Gasteiger charge is -2.14. The number of nitro groups is 1. The normalized spacial score (nSPS) is 15.2. The van der Waals surface area contributed by atoms with Crippen LogP contribution in [0.3, 0.4) is 0 Å². The molecule has 0 unspecified atom stereocenters. The summed E-state index contributed by atoms with van der Waals surface area (Å²) in [5, 5.41) is 14.0. The molecule has 138 valence electrons. The zero-order chi connectivity index (χ0) is 18.4. The predicted molar refractivity (Wildman–Crippen MR) is 95.1 cm³/mol. The number of carbonyl (C=O) groups excluding carboxylic acids is 1. The molecular weight excluding hydrogens is 336 g/mol. The quantitative estimate of drug-likeness (QED) is 0.474. The third-order valence-corrected chi connectivity index (χ3v) is 4.51. The number of hydrogen-bond donors (Lipinski definition) is 1. The second kappa shape index (κ2) is 8.51. The second-order valence-corrected chi connectivity index (χ2v) is 6.44. The highest BCUT2D eigenvalue weighted by Gasteiger charge is 2.19. The van der Waals surface area contributed by atoms with Crippen LogP contribution in [-0.2, 0) is 6.61 Å². The molecule has 1 heterocycles. The van der Waals surface area contributed by atoms with Gasteiger partial charge in [-0.2, -0.15) is 0 Å². The predicted octanol–water partition coefficient (Wildman–Crippen LogP) is 4.22. The maximum absolute atomic E-state index is 12.3. The van der Waals surface area contributed by atoms with Gasteiger partial charge in [0.2, 0.25) is 0 Å². The molecule has 1 aromatic heterocycles. The van der Waals surface area contributed by atoms with Crippen LogP contribution in [0, 0.1) is 10.1 Å². The van der Waals surface area contributed by atoms with Crippen molar-refractivity contribution >= 4 is 11.6 Å². The molecule has 0 spiro atoms. The third-order valence-electron chi connectivity index (χ3n) is 4.51. The first kappa shape index (κ1) is 18.0. The minimum Gasteiger partial charge on any atom is -0.479 e. The Morgan fingerprint density at radius 3 is 2.62 bits per heavy atom. The summed E-state index contributed by atoms with van der Waals surface area (Å²) in [5.74, 6) is 0.608. The lowest BCUT2D eigenvalue weighted by Crippen LogP contribution is -2.34. The van der Waals surface area contributed by atoms with E-state index in [1.165, 1.54) is 25.0 Å². The molecule has 26 heavy (non-hydrogen) atoms. The maximum atomic E-state index is 12.3. The van der Waals surface area contributed by atoms with E-state index in [-0.39, 0.29) is 35.8 Å². The van der Waals surface area contributed by atoms with Crippen LogP contribution >= 0.6 is 0 Å². The minimum atomic E-state index is -0.497. The highest BCUT2D eigenvalue weighted by molar-refractivity contribution is 5.91. The van der Waals surface area contributed by atoms with Crippen LogP contribution in [-0.4, -0.2) is 16.9 Å². The molecule has 3 rings (SSSR count). The average Bonchev–Trinajstić information content (AvgIpc) is 2.97. The van der Waals surface area contributed by atoms with Crippen LogP contribution < -0.4 is 10.1 Å². The maximum Gasteiger partial charge on any atom is 0.310 e. The zero-order valence-corrected chi connectivity index (χ0v) is 14.5. The van der Waals surface area contributed by atoms with E-state index in [4.69, 9.17) is 9.15 Å². The summed E-state index contributed by atoms with van der Waals surface area (Å²) < 4.78 is 11.0. The topological polar surface area (TPSA) is 94.6 Å². The van der Waals surface area contributed by atoms with Gasteiger partial charge in [-0.3, -0.25) is 14.9 Å². The Hall–Kier alpha value is -2.83. The molecule has 0 aliphatic heterocycles. The van der Waals surface area contributed by atoms with E-state index < -0.39 is 4.92 Å². The Bertz CT molecular complexity index is 763. The van der Waals surface area contributed by atoms with Gasteiger partial charge in [0.1, 0.15) is 12.4 Å². The van der Waals surface area contributed by atoms with E-state index in [1.54, 1.807) is 24.3 Å². The molecule has 1 aliphatic rings. The Balaban J connectivity index is 1.57. The Kier molecular flexibility index (Phi) is 5.88. The molecule has 1 amide bonds. The van der Waals surface area contributed by atoms with Crippen molar-refractivity contribution in [3.63, 3.8) is 0 Å². The molecule has 1 saturated carbocycles. The standard InChI is InChI=1S/C19H22N2O5/c22-19(20-14-7-3-1-2-4-8-14)18-12-11-15(26-18)13-25-17-10-6-5-9-16(17)21(23)24/h5-6,9-12,14H,1-4,7-8,13H2,(H,20,22). The number of benzene rings is 1. The van der Waals surface area contributed by atoms with Gasteiger partial charge in [-0.1, -0.05) is 37.8 Å². The summed E-state index contributed by atoms with van der Waals surface area (Å²) in [7, 11) is 0. The number of hydrogen-bond acceptors (Lipinski definition) is 5. The summed E-state index contributed by atoms with van der Waals surface area (Å²) in [6, 6.07) is 9.59. The van der Waals surface area contributed by atoms with Crippen molar-refractivity contribution in [2.75, 3.05) is 0 Å². The number of para-hydroxylation sites is 2. The Morgan fingerprint density at radius 2 is 1.88 bits per heavy atom. The fourth-order valence-corrected chi connectivity index (χ4v) is 3.14. The fraction of sp³-hybridized carbons (Fsp3) is 0.421. The van der Waals surface area contributed by atoms with Crippen LogP contribution in [0.5, 0.6) is 5.75 Å². The molecular formula is C19H22N2O5. The van der Waals surface area contributed by atoms with E-state index in [1.807, 2.05) is 0 Å². The molecule has 7 heteroatoms. The van der Waals surface area contributed by atoms with E-state index in [2.05, 4.69) is 5.32 Å². The molecule has 2 aromatic rings. The van der Waals surface area contributed by atoms with Crippen molar-refractivity contribution in [2.45, 2.75) is 51.2 Å². The zero-order valence-electron chi connectivity index (χ0n) is 14.5. The van der Waals surface area contributed by atoms with E-state index in [0.717, 1.165) is 25.7 Å². The van der Waals surface area contributed by atoms with Gasteiger partial charge in [0.25, 0.3) is 5.91 Å². The smallest absolute Gasteiger partial charge is 0.310 e. The molecule has 1 fully saturated rings. The minimum absolute atomic E-state index is 0.0154. The summed E-state index contributed by atoms with van der Waals surface area (Å²) in [6.45, 7) is 0.0154. The Morgan fingerprint density at radius 1 is 1.15 bits per heavy atom. The van der Waals surface area contributed by atoms with Crippen molar-refractivity contribution in [3.8, 4) is 5.75 Å². The van der Waals surface area contributed by atoms with Gasteiger partial charge >= 0.3 is 5.69 Å². The van der Waals surface area contributed by atoms with Gasteiger partial charge in [-0.15, -0.1) is 0 Å². The van der Waals surface area contributed by atoms with E-state index >= 15 is 0 Å². The summed E-state index contributed by atoms with van der Waals surface area (Å²) in [6.07, 6.45) is 6.72. The van der Waals surface area contributed by atoms with Crippen molar-refractivity contribution in [3.05, 3.63) is 58.0 Å². The first-order chi connectivity index (χ1) is 12.6. The lowest BCUT2D eigenvalue weighted by atomic mass is 10.1. The second-order valence-electron chi connectivity index (χ2n) is 6.44. The largest absolute Gasteiger partial charge is 0.479 e. The van der Waals surface area contributed by atoms with Gasteiger partial charge in [-0.25, -0.2) is 0 Å². The van der Waals surface area contributed by atoms with Gasteiger partial charge in [0, 0.05) is 12.1 Å². The van der Waals surface area contributed by atoms with Gasteiger partial charge in [-0.05, 0) is 31.0 Å². The van der Waals surface area contributed by atoms with Crippen LogP contribution in [0.4, 0.5) is 5.69 Å². The van der Waals surface area contributed by atoms with E-state index in [0.29, 0.717) is 5.76 Å². The number of nitrogens with zero attached hydrogens (tertiary/aromatic N) is 1. The SMILES string of the molecule is O=C(NC1CCCCCC1)c1ccc(COc2ccccc2[N+](=O)[O-])o1.